The van der Waals surface area contributed by atoms with Crippen LogP contribution >= 0.6 is 0 Å². The number of hydrogen-bond donors (Lipinski definition) is 1. The molecule has 0 aromatic rings. The minimum absolute atomic E-state index is 0.226. The van der Waals surface area contributed by atoms with Gasteiger partial charge >= 0.3 is 0 Å². The van der Waals surface area contributed by atoms with Crippen molar-refractivity contribution >= 4 is 0 Å². The molecule has 0 radical (unpaired) electrons. The van der Waals surface area contributed by atoms with Gasteiger partial charge in [-0.25, -0.2) is 0 Å². The normalized spacial score (nSPS) is 29.7. The molecule has 0 amide bonds. The maximum Gasteiger partial charge on any atom is 0.0490 e. The maximum atomic E-state index is 5.43. The molecule has 120 valence electrons. The van der Waals surface area contributed by atoms with Gasteiger partial charge in [0.25, 0.3) is 0 Å². The largest absolute Gasteiger partial charge is 0.384 e. The lowest BCUT2D eigenvalue weighted by molar-refractivity contribution is 0.0533. The minimum atomic E-state index is 0.226. The van der Waals surface area contributed by atoms with Crippen molar-refractivity contribution in [3.63, 3.8) is 0 Å². The highest BCUT2D eigenvalue weighted by molar-refractivity contribution is 4.86. The Balaban J connectivity index is 2.65. The van der Waals surface area contributed by atoms with Crippen molar-refractivity contribution in [2.24, 2.45) is 29.6 Å². The van der Waals surface area contributed by atoms with Crippen LogP contribution in [-0.4, -0.2) is 25.8 Å². The van der Waals surface area contributed by atoms with Gasteiger partial charge in [-0.05, 0) is 76.2 Å². The van der Waals surface area contributed by atoms with Crippen molar-refractivity contribution in [1.29, 1.82) is 0 Å². The molecular formula is C18H37NO. The predicted octanol–water partition coefficient (Wildman–Crippen LogP) is 4.35. The third-order valence-electron chi connectivity index (χ3n) is 5.09. The molecule has 0 saturated heterocycles. The van der Waals surface area contributed by atoms with Gasteiger partial charge < -0.3 is 10.1 Å². The molecular weight excluding hydrogens is 246 g/mol. The number of hydrogen-bond acceptors (Lipinski definition) is 2. The van der Waals surface area contributed by atoms with Crippen LogP contribution in [0.5, 0.6) is 0 Å². The standard InChI is InChI=1S/C18H37NO/c1-13(2)15-8-9-16(11-19-18(4,5)6)17(10-15)14(3)12-20-7/h13-17,19H,8-12H2,1-7H3. The molecule has 2 heteroatoms. The molecule has 2 nitrogen and oxygen atoms in total. The number of ether oxygens (including phenoxy) is 1. The van der Waals surface area contributed by atoms with E-state index in [1.54, 1.807) is 0 Å². The monoisotopic (exact) mass is 283 g/mol. The summed E-state index contributed by atoms with van der Waals surface area (Å²) in [5.41, 5.74) is 0.226. The van der Waals surface area contributed by atoms with E-state index in [0.29, 0.717) is 5.92 Å². The zero-order valence-corrected chi connectivity index (χ0v) is 14.8. The zero-order valence-electron chi connectivity index (χ0n) is 14.8. The fourth-order valence-corrected chi connectivity index (χ4v) is 3.68. The van der Waals surface area contributed by atoms with Gasteiger partial charge in [0.15, 0.2) is 0 Å². The first kappa shape index (κ1) is 18.0. The van der Waals surface area contributed by atoms with E-state index in [2.05, 4.69) is 46.9 Å². The van der Waals surface area contributed by atoms with Crippen molar-refractivity contribution < 1.29 is 4.74 Å². The molecule has 1 N–H and O–H groups in total. The van der Waals surface area contributed by atoms with Crippen LogP contribution in [0.3, 0.4) is 0 Å². The van der Waals surface area contributed by atoms with Gasteiger partial charge in [-0.15, -0.1) is 0 Å². The van der Waals surface area contributed by atoms with E-state index in [9.17, 15) is 0 Å². The second-order valence-corrected chi connectivity index (χ2v) is 8.30. The summed E-state index contributed by atoms with van der Waals surface area (Å²) in [6, 6.07) is 0. The molecule has 0 aromatic heterocycles. The Morgan fingerprint density at radius 1 is 1.15 bits per heavy atom. The Kier molecular flexibility index (Phi) is 7.00. The average molecular weight is 284 g/mol. The molecule has 1 saturated carbocycles. The Morgan fingerprint density at radius 3 is 2.30 bits per heavy atom. The number of rotatable bonds is 6. The van der Waals surface area contributed by atoms with Crippen LogP contribution in [0.2, 0.25) is 0 Å². The van der Waals surface area contributed by atoms with E-state index < -0.39 is 0 Å². The molecule has 1 rings (SSSR count). The summed E-state index contributed by atoms with van der Waals surface area (Å²) in [6.07, 6.45) is 4.17. The van der Waals surface area contributed by atoms with Crippen LogP contribution in [0.15, 0.2) is 0 Å². The fraction of sp³-hybridized carbons (Fsp3) is 1.00. The summed E-state index contributed by atoms with van der Waals surface area (Å²) in [5, 5.41) is 3.72. The van der Waals surface area contributed by atoms with Crippen molar-refractivity contribution in [2.45, 2.75) is 66.3 Å². The highest BCUT2D eigenvalue weighted by Gasteiger charge is 2.35. The average Bonchev–Trinajstić information content (AvgIpc) is 2.35. The van der Waals surface area contributed by atoms with Gasteiger partial charge in [-0.1, -0.05) is 20.8 Å². The van der Waals surface area contributed by atoms with E-state index in [1.165, 1.54) is 19.3 Å². The molecule has 0 aromatic carbocycles. The molecule has 1 fully saturated rings. The zero-order chi connectivity index (χ0) is 15.3. The second kappa shape index (κ2) is 7.79. The first-order valence-corrected chi connectivity index (χ1v) is 8.48. The Labute approximate surface area is 127 Å². The van der Waals surface area contributed by atoms with Crippen LogP contribution < -0.4 is 5.32 Å². The van der Waals surface area contributed by atoms with E-state index in [-0.39, 0.29) is 5.54 Å². The highest BCUT2D eigenvalue weighted by atomic mass is 16.5. The molecule has 4 atom stereocenters. The SMILES string of the molecule is COCC(C)C1CC(C(C)C)CCC1CNC(C)(C)C. The summed E-state index contributed by atoms with van der Waals surface area (Å²) >= 11 is 0. The van der Waals surface area contributed by atoms with E-state index in [1.807, 2.05) is 7.11 Å². The second-order valence-electron chi connectivity index (χ2n) is 8.30. The van der Waals surface area contributed by atoms with Crippen molar-refractivity contribution in [3.05, 3.63) is 0 Å². The topological polar surface area (TPSA) is 21.3 Å². The van der Waals surface area contributed by atoms with Gasteiger partial charge in [-0.3, -0.25) is 0 Å². The molecule has 0 spiro atoms. The van der Waals surface area contributed by atoms with Crippen molar-refractivity contribution in [3.8, 4) is 0 Å². The third kappa shape index (κ3) is 5.73. The van der Waals surface area contributed by atoms with Crippen molar-refractivity contribution in [1.82, 2.24) is 5.32 Å². The Bertz CT molecular complexity index is 269. The van der Waals surface area contributed by atoms with Crippen LogP contribution in [0.4, 0.5) is 0 Å². The first-order valence-electron chi connectivity index (χ1n) is 8.48. The fourth-order valence-electron chi connectivity index (χ4n) is 3.68. The highest BCUT2D eigenvalue weighted by Crippen LogP contribution is 2.41. The van der Waals surface area contributed by atoms with Crippen LogP contribution in [0.1, 0.15) is 60.8 Å². The molecule has 0 bridgehead atoms. The van der Waals surface area contributed by atoms with Gasteiger partial charge in [-0.2, -0.15) is 0 Å². The molecule has 0 heterocycles. The van der Waals surface area contributed by atoms with Crippen LogP contribution in [0.25, 0.3) is 0 Å². The van der Waals surface area contributed by atoms with E-state index in [4.69, 9.17) is 4.74 Å². The molecule has 0 aliphatic heterocycles. The van der Waals surface area contributed by atoms with Gasteiger partial charge in [0.05, 0.1) is 0 Å². The van der Waals surface area contributed by atoms with Crippen LogP contribution in [0, 0.1) is 29.6 Å². The van der Waals surface area contributed by atoms with Crippen molar-refractivity contribution in [2.75, 3.05) is 20.3 Å². The van der Waals surface area contributed by atoms with Gasteiger partial charge in [0, 0.05) is 19.3 Å². The smallest absolute Gasteiger partial charge is 0.0490 e. The molecule has 4 unspecified atom stereocenters. The van der Waals surface area contributed by atoms with E-state index >= 15 is 0 Å². The van der Waals surface area contributed by atoms with Gasteiger partial charge in [0.1, 0.15) is 0 Å². The lowest BCUT2D eigenvalue weighted by Crippen LogP contribution is -2.44. The summed E-state index contributed by atoms with van der Waals surface area (Å²) in [5.74, 6) is 4.03. The lowest BCUT2D eigenvalue weighted by Gasteiger charge is -2.42. The summed E-state index contributed by atoms with van der Waals surface area (Å²) in [4.78, 5) is 0. The number of methoxy groups -OCH3 is 1. The molecule has 1 aliphatic rings. The summed E-state index contributed by atoms with van der Waals surface area (Å²) in [7, 11) is 1.83. The van der Waals surface area contributed by atoms with Crippen LogP contribution in [-0.2, 0) is 4.74 Å². The Morgan fingerprint density at radius 2 is 1.80 bits per heavy atom. The van der Waals surface area contributed by atoms with Gasteiger partial charge in [0.2, 0.25) is 0 Å². The summed E-state index contributed by atoms with van der Waals surface area (Å²) in [6.45, 7) is 16.0. The molecule has 1 aliphatic carbocycles. The minimum Gasteiger partial charge on any atom is -0.384 e. The third-order valence-corrected chi connectivity index (χ3v) is 5.09. The predicted molar refractivity (Wildman–Crippen MR) is 88.0 cm³/mol. The molecule has 20 heavy (non-hydrogen) atoms. The van der Waals surface area contributed by atoms with E-state index in [0.717, 1.165) is 36.8 Å². The summed E-state index contributed by atoms with van der Waals surface area (Å²) < 4.78 is 5.43. The lowest BCUT2D eigenvalue weighted by atomic mass is 9.66. The number of nitrogens with one attached hydrogen (secondary N) is 1. The maximum absolute atomic E-state index is 5.43. The first-order chi connectivity index (χ1) is 9.24. The quantitative estimate of drug-likeness (QED) is 0.782. The Hall–Kier alpha value is -0.0800.